The first-order valence-corrected chi connectivity index (χ1v) is 10.2. The van der Waals surface area contributed by atoms with Crippen molar-refractivity contribution in [2.75, 3.05) is 33.2 Å². The molecule has 4 nitrogen and oxygen atoms in total. The summed E-state index contributed by atoms with van der Waals surface area (Å²) in [7, 11) is 2.11. The molecule has 3 rings (SSSR count). The maximum absolute atomic E-state index is 12.7. The van der Waals surface area contributed by atoms with Crippen LogP contribution in [0, 0.1) is 5.92 Å². The number of likely N-dealkylation sites (N-methyl/N-ethyl adjacent to an activating group) is 1. The molecule has 1 N–H and O–H groups in total. The first kappa shape index (κ1) is 21.4. The Hall–Kier alpha value is -1.31. The second-order valence-corrected chi connectivity index (χ2v) is 8.33. The van der Waals surface area contributed by atoms with Gasteiger partial charge in [0.1, 0.15) is 5.75 Å². The highest BCUT2D eigenvalue weighted by Crippen LogP contribution is 2.38. The summed E-state index contributed by atoms with van der Waals surface area (Å²) in [6, 6.07) is 6.76. The fraction of sp³-hybridized carbons (Fsp3) is 0.714. The van der Waals surface area contributed by atoms with Gasteiger partial charge in [0.2, 0.25) is 0 Å². The van der Waals surface area contributed by atoms with Gasteiger partial charge in [0, 0.05) is 38.1 Å². The molecule has 1 aromatic carbocycles. The van der Waals surface area contributed by atoms with Crippen molar-refractivity contribution in [1.29, 1.82) is 0 Å². The van der Waals surface area contributed by atoms with E-state index in [1.807, 2.05) is 6.07 Å². The number of nitrogens with zero attached hydrogens (tertiary/aromatic N) is 2. The van der Waals surface area contributed by atoms with Gasteiger partial charge in [-0.25, -0.2) is 0 Å². The molecule has 0 spiro atoms. The minimum atomic E-state index is -4.70. The lowest BCUT2D eigenvalue weighted by Gasteiger charge is -2.42. The molecule has 28 heavy (non-hydrogen) atoms. The summed E-state index contributed by atoms with van der Waals surface area (Å²) in [5, 5.41) is 10.6. The van der Waals surface area contributed by atoms with Gasteiger partial charge in [0.05, 0.1) is 6.10 Å². The van der Waals surface area contributed by atoms with Gasteiger partial charge in [-0.3, -0.25) is 4.90 Å². The fourth-order valence-corrected chi connectivity index (χ4v) is 4.61. The van der Waals surface area contributed by atoms with Crippen molar-refractivity contribution in [2.45, 2.75) is 57.0 Å². The zero-order valence-corrected chi connectivity index (χ0v) is 16.7. The largest absolute Gasteiger partial charge is 0.573 e. The Labute approximate surface area is 165 Å². The molecule has 1 heterocycles. The number of aliphatic hydroxyl groups is 1. The number of benzene rings is 1. The molecular weight excluding hydrogens is 369 g/mol. The van der Waals surface area contributed by atoms with E-state index in [1.165, 1.54) is 12.1 Å². The molecule has 2 aliphatic rings. The van der Waals surface area contributed by atoms with Crippen molar-refractivity contribution in [2.24, 2.45) is 5.92 Å². The molecule has 1 aromatic rings. The molecule has 0 bridgehead atoms. The van der Waals surface area contributed by atoms with Gasteiger partial charge in [0.15, 0.2) is 0 Å². The predicted molar refractivity (Wildman–Crippen MR) is 102 cm³/mol. The normalized spacial score (nSPS) is 28.9. The van der Waals surface area contributed by atoms with Gasteiger partial charge < -0.3 is 14.7 Å². The number of hydrogen-bond acceptors (Lipinski definition) is 4. The van der Waals surface area contributed by atoms with Crippen molar-refractivity contribution in [1.82, 2.24) is 9.80 Å². The van der Waals surface area contributed by atoms with Gasteiger partial charge in [-0.1, -0.05) is 25.0 Å². The molecule has 0 aromatic heterocycles. The summed E-state index contributed by atoms with van der Waals surface area (Å²) in [4.78, 5) is 4.70. The first-order chi connectivity index (χ1) is 13.2. The number of alkyl halides is 3. The summed E-state index contributed by atoms with van der Waals surface area (Å²) in [6.07, 6.45) is -1.39. The third kappa shape index (κ3) is 5.61. The van der Waals surface area contributed by atoms with E-state index >= 15 is 0 Å². The molecule has 1 aliphatic carbocycles. The van der Waals surface area contributed by atoms with E-state index in [2.05, 4.69) is 28.5 Å². The van der Waals surface area contributed by atoms with E-state index < -0.39 is 12.5 Å². The van der Waals surface area contributed by atoms with Crippen molar-refractivity contribution >= 4 is 0 Å². The average molecular weight is 400 g/mol. The maximum atomic E-state index is 12.7. The number of hydrogen-bond donors (Lipinski definition) is 1. The van der Waals surface area contributed by atoms with Crippen molar-refractivity contribution < 1.29 is 23.0 Å². The summed E-state index contributed by atoms with van der Waals surface area (Å²) in [6.45, 7) is 5.76. The van der Waals surface area contributed by atoms with Crippen LogP contribution in [0.15, 0.2) is 24.3 Å². The van der Waals surface area contributed by atoms with Crippen LogP contribution < -0.4 is 4.74 Å². The Morgan fingerprint density at radius 1 is 1.21 bits per heavy atom. The summed E-state index contributed by atoms with van der Waals surface area (Å²) in [5.74, 6) is -0.139. The maximum Gasteiger partial charge on any atom is 0.573 e. The number of halogens is 3. The lowest BCUT2D eigenvalue weighted by atomic mass is 9.74. The number of aliphatic hydroxyl groups excluding tert-OH is 1. The van der Waals surface area contributed by atoms with Crippen molar-refractivity contribution in [3.63, 3.8) is 0 Å². The van der Waals surface area contributed by atoms with Crippen LogP contribution in [0.25, 0.3) is 0 Å². The molecule has 0 radical (unpaired) electrons. The van der Waals surface area contributed by atoms with Gasteiger partial charge >= 0.3 is 6.36 Å². The number of rotatable bonds is 5. The third-order valence-electron chi connectivity index (χ3n) is 6.32. The van der Waals surface area contributed by atoms with E-state index in [0.29, 0.717) is 6.04 Å². The van der Waals surface area contributed by atoms with Crippen LogP contribution in [0.4, 0.5) is 13.2 Å². The van der Waals surface area contributed by atoms with E-state index in [4.69, 9.17) is 0 Å². The molecule has 1 saturated heterocycles. The number of piperazine rings is 1. The van der Waals surface area contributed by atoms with Crippen LogP contribution in [0.5, 0.6) is 5.75 Å². The SMILES string of the molecule is C[C@@H]1CN(CC(c2cccc(OC(F)(F)F)c2)C2CCCC[C@@H]2O)CCN1C. The molecule has 4 atom stereocenters. The summed E-state index contributed by atoms with van der Waals surface area (Å²) >= 11 is 0. The standard InChI is InChI=1S/C21H31F3N2O2/c1-15-13-26(11-10-25(15)2)14-19(18-8-3-4-9-20(18)27)16-6-5-7-17(12-16)28-21(22,23)24/h5-7,12,15,18-20,27H,3-4,8-11,13-14H2,1-2H3/t15-,18?,19?,20+/m1/s1. The molecule has 1 aliphatic heterocycles. The smallest absolute Gasteiger partial charge is 0.406 e. The van der Waals surface area contributed by atoms with Gasteiger partial charge in [-0.05, 0) is 50.4 Å². The first-order valence-electron chi connectivity index (χ1n) is 10.2. The highest BCUT2D eigenvalue weighted by atomic mass is 19.4. The minimum Gasteiger partial charge on any atom is -0.406 e. The summed E-state index contributed by atoms with van der Waals surface area (Å²) in [5.41, 5.74) is 0.819. The second-order valence-electron chi connectivity index (χ2n) is 8.33. The van der Waals surface area contributed by atoms with Gasteiger partial charge in [0.25, 0.3) is 0 Å². The van der Waals surface area contributed by atoms with E-state index in [1.54, 1.807) is 6.07 Å². The van der Waals surface area contributed by atoms with Crippen molar-refractivity contribution in [3.05, 3.63) is 29.8 Å². The molecule has 2 unspecified atom stereocenters. The molecule has 0 amide bonds. The zero-order valence-electron chi connectivity index (χ0n) is 16.7. The van der Waals surface area contributed by atoms with Gasteiger partial charge in [-0.15, -0.1) is 13.2 Å². The Morgan fingerprint density at radius 3 is 2.64 bits per heavy atom. The lowest BCUT2D eigenvalue weighted by molar-refractivity contribution is -0.274. The topological polar surface area (TPSA) is 35.9 Å². The molecule has 1 saturated carbocycles. The van der Waals surface area contributed by atoms with Crippen LogP contribution in [-0.4, -0.2) is 66.6 Å². The Balaban J connectivity index is 1.83. The Kier molecular flexibility index (Phi) is 6.89. The average Bonchev–Trinajstić information content (AvgIpc) is 2.62. The third-order valence-corrected chi connectivity index (χ3v) is 6.32. The minimum absolute atomic E-state index is 0.0114. The predicted octanol–water partition coefficient (Wildman–Crippen LogP) is 3.86. The van der Waals surface area contributed by atoms with Crippen LogP contribution >= 0.6 is 0 Å². The van der Waals surface area contributed by atoms with Crippen LogP contribution in [0.2, 0.25) is 0 Å². The van der Waals surface area contributed by atoms with E-state index in [9.17, 15) is 18.3 Å². The quantitative estimate of drug-likeness (QED) is 0.814. The second kappa shape index (κ2) is 9.01. The molecular formula is C21H31F3N2O2. The van der Waals surface area contributed by atoms with E-state index in [-0.39, 0.29) is 17.6 Å². The molecule has 158 valence electrons. The molecule has 7 heteroatoms. The van der Waals surface area contributed by atoms with Crippen LogP contribution in [-0.2, 0) is 0 Å². The van der Waals surface area contributed by atoms with Gasteiger partial charge in [-0.2, -0.15) is 0 Å². The highest BCUT2D eigenvalue weighted by Gasteiger charge is 2.35. The van der Waals surface area contributed by atoms with Crippen LogP contribution in [0.1, 0.15) is 44.1 Å². The number of ether oxygens (including phenoxy) is 1. The van der Waals surface area contributed by atoms with E-state index in [0.717, 1.165) is 57.4 Å². The monoisotopic (exact) mass is 400 g/mol. The van der Waals surface area contributed by atoms with Crippen LogP contribution in [0.3, 0.4) is 0 Å². The fourth-order valence-electron chi connectivity index (χ4n) is 4.61. The lowest BCUT2D eigenvalue weighted by Crippen LogP contribution is -2.51. The summed E-state index contributed by atoms with van der Waals surface area (Å²) < 4.78 is 42.1. The zero-order chi connectivity index (χ0) is 20.3. The molecule has 2 fully saturated rings. The Morgan fingerprint density at radius 2 is 1.96 bits per heavy atom. The highest BCUT2D eigenvalue weighted by molar-refractivity contribution is 5.32. The Bertz CT molecular complexity index is 640. The van der Waals surface area contributed by atoms with Crippen molar-refractivity contribution in [3.8, 4) is 5.75 Å².